The van der Waals surface area contributed by atoms with Crippen LogP contribution in [0, 0.1) is 5.41 Å². The van der Waals surface area contributed by atoms with Crippen LogP contribution in [0.1, 0.15) is 26.2 Å². The molecule has 0 spiro atoms. The summed E-state index contributed by atoms with van der Waals surface area (Å²) in [4.78, 5) is 4.41. The van der Waals surface area contributed by atoms with Crippen LogP contribution in [0.5, 0.6) is 0 Å². The van der Waals surface area contributed by atoms with Gasteiger partial charge in [0.2, 0.25) is 0 Å². The van der Waals surface area contributed by atoms with Crippen molar-refractivity contribution in [3.8, 4) is 0 Å². The third-order valence-corrected chi connectivity index (χ3v) is 3.76. The standard InChI is InChI=1S/C13H17N3/c1-13(5-2-6-13)8-16-9-15-11-7-10(14)3-4-12(11)16/h3-4,7,9H,2,5-6,8,14H2,1H3. The van der Waals surface area contributed by atoms with E-state index in [2.05, 4.69) is 22.5 Å². The Balaban J connectivity index is 1.98. The van der Waals surface area contributed by atoms with E-state index in [-0.39, 0.29) is 0 Å². The Bertz CT molecular complexity index is 523. The minimum absolute atomic E-state index is 0.481. The topological polar surface area (TPSA) is 43.8 Å². The van der Waals surface area contributed by atoms with Gasteiger partial charge in [0.05, 0.1) is 17.4 Å². The molecule has 0 atom stereocenters. The molecule has 2 aromatic rings. The van der Waals surface area contributed by atoms with Crippen molar-refractivity contribution in [1.29, 1.82) is 0 Å². The lowest BCUT2D eigenvalue weighted by Gasteiger charge is -2.38. The average molecular weight is 215 g/mol. The summed E-state index contributed by atoms with van der Waals surface area (Å²) >= 11 is 0. The molecule has 1 saturated carbocycles. The maximum absolute atomic E-state index is 5.75. The first kappa shape index (κ1) is 9.70. The highest BCUT2D eigenvalue weighted by Crippen LogP contribution is 2.42. The Morgan fingerprint density at radius 2 is 2.25 bits per heavy atom. The van der Waals surface area contributed by atoms with Gasteiger partial charge in [-0.25, -0.2) is 4.98 Å². The number of benzene rings is 1. The number of fused-ring (bicyclic) bond motifs is 1. The second kappa shape index (κ2) is 3.24. The average Bonchev–Trinajstić information content (AvgIpc) is 2.58. The molecule has 1 aromatic carbocycles. The van der Waals surface area contributed by atoms with Crippen molar-refractivity contribution in [3.05, 3.63) is 24.5 Å². The van der Waals surface area contributed by atoms with Crippen LogP contribution in [-0.2, 0) is 6.54 Å². The van der Waals surface area contributed by atoms with E-state index in [9.17, 15) is 0 Å². The van der Waals surface area contributed by atoms with Crippen LogP contribution >= 0.6 is 0 Å². The van der Waals surface area contributed by atoms with Gasteiger partial charge in [0.15, 0.2) is 0 Å². The Hall–Kier alpha value is -1.51. The maximum Gasteiger partial charge on any atom is 0.0958 e. The lowest BCUT2D eigenvalue weighted by atomic mass is 9.70. The van der Waals surface area contributed by atoms with Gasteiger partial charge in [-0.15, -0.1) is 0 Å². The highest BCUT2D eigenvalue weighted by molar-refractivity contribution is 5.78. The molecule has 1 heterocycles. The Kier molecular flexibility index (Phi) is 1.96. The van der Waals surface area contributed by atoms with E-state index in [1.165, 1.54) is 24.8 Å². The molecule has 0 amide bonds. The van der Waals surface area contributed by atoms with Gasteiger partial charge in [-0.05, 0) is 36.5 Å². The summed E-state index contributed by atoms with van der Waals surface area (Å²) in [6.07, 6.45) is 5.98. The van der Waals surface area contributed by atoms with Crippen LogP contribution in [0.15, 0.2) is 24.5 Å². The summed E-state index contributed by atoms with van der Waals surface area (Å²) in [5, 5.41) is 0. The molecule has 3 heteroatoms. The number of nitrogens with two attached hydrogens (primary N) is 1. The predicted molar refractivity (Wildman–Crippen MR) is 66.1 cm³/mol. The molecule has 0 aliphatic heterocycles. The normalized spacial score (nSPS) is 18.6. The SMILES string of the molecule is CC1(Cn2cnc3cc(N)ccc32)CCC1. The molecule has 1 aliphatic rings. The molecule has 0 unspecified atom stereocenters. The van der Waals surface area contributed by atoms with E-state index >= 15 is 0 Å². The molecule has 16 heavy (non-hydrogen) atoms. The summed E-state index contributed by atoms with van der Waals surface area (Å²) in [6, 6.07) is 5.96. The van der Waals surface area contributed by atoms with E-state index in [1.807, 2.05) is 18.5 Å². The van der Waals surface area contributed by atoms with Crippen molar-refractivity contribution in [2.24, 2.45) is 5.41 Å². The molecule has 3 nitrogen and oxygen atoms in total. The van der Waals surface area contributed by atoms with Gasteiger partial charge in [-0.3, -0.25) is 0 Å². The lowest BCUT2D eigenvalue weighted by Crippen LogP contribution is -2.30. The van der Waals surface area contributed by atoms with Gasteiger partial charge in [0.25, 0.3) is 0 Å². The summed E-state index contributed by atoms with van der Waals surface area (Å²) in [5.74, 6) is 0. The molecule has 3 rings (SSSR count). The number of anilines is 1. The fourth-order valence-corrected chi connectivity index (χ4v) is 2.56. The largest absolute Gasteiger partial charge is 0.399 e. The minimum atomic E-state index is 0.481. The highest BCUT2D eigenvalue weighted by Gasteiger charge is 2.32. The van der Waals surface area contributed by atoms with Crippen molar-refractivity contribution in [3.63, 3.8) is 0 Å². The van der Waals surface area contributed by atoms with Gasteiger partial charge in [0, 0.05) is 12.2 Å². The number of imidazole rings is 1. The fraction of sp³-hybridized carbons (Fsp3) is 0.462. The van der Waals surface area contributed by atoms with Gasteiger partial charge in [-0.2, -0.15) is 0 Å². The molecule has 84 valence electrons. The zero-order chi connectivity index (χ0) is 11.2. The van der Waals surface area contributed by atoms with Crippen LogP contribution in [-0.4, -0.2) is 9.55 Å². The first-order chi connectivity index (χ1) is 7.66. The molecule has 2 N–H and O–H groups in total. The number of aromatic nitrogens is 2. The summed E-state index contributed by atoms with van der Waals surface area (Å²) in [7, 11) is 0. The van der Waals surface area contributed by atoms with Crippen molar-refractivity contribution in [1.82, 2.24) is 9.55 Å². The van der Waals surface area contributed by atoms with Gasteiger partial charge in [-0.1, -0.05) is 13.3 Å². The number of nitrogen functional groups attached to an aromatic ring is 1. The van der Waals surface area contributed by atoms with Crippen LogP contribution in [0.4, 0.5) is 5.69 Å². The van der Waals surface area contributed by atoms with Gasteiger partial charge < -0.3 is 10.3 Å². The van der Waals surface area contributed by atoms with Crippen LogP contribution in [0.3, 0.4) is 0 Å². The molecule has 1 aromatic heterocycles. The van der Waals surface area contributed by atoms with Gasteiger partial charge in [0.1, 0.15) is 0 Å². The summed E-state index contributed by atoms with van der Waals surface area (Å²) in [5.41, 5.74) is 9.21. The van der Waals surface area contributed by atoms with Crippen LogP contribution in [0.2, 0.25) is 0 Å². The number of rotatable bonds is 2. The van der Waals surface area contributed by atoms with Crippen LogP contribution < -0.4 is 5.73 Å². The third-order valence-electron chi connectivity index (χ3n) is 3.76. The monoisotopic (exact) mass is 215 g/mol. The molecule has 0 radical (unpaired) electrons. The number of nitrogens with zero attached hydrogens (tertiary/aromatic N) is 2. The first-order valence-corrected chi connectivity index (χ1v) is 5.87. The molecule has 0 saturated heterocycles. The summed E-state index contributed by atoms with van der Waals surface area (Å²) in [6.45, 7) is 3.44. The molecular formula is C13H17N3. The predicted octanol–water partition coefficient (Wildman–Crippen LogP) is 2.81. The molecule has 1 fully saturated rings. The quantitative estimate of drug-likeness (QED) is 0.783. The maximum atomic E-state index is 5.75. The lowest BCUT2D eigenvalue weighted by molar-refractivity contribution is 0.134. The van der Waals surface area contributed by atoms with Gasteiger partial charge >= 0.3 is 0 Å². The molecular weight excluding hydrogens is 198 g/mol. The Labute approximate surface area is 95.3 Å². The van der Waals surface area contributed by atoms with E-state index in [0.29, 0.717) is 5.41 Å². The van der Waals surface area contributed by atoms with E-state index in [0.717, 1.165) is 17.7 Å². The zero-order valence-electron chi connectivity index (χ0n) is 9.61. The van der Waals surface area contributed by atoms with Crippen LogP contribution in [0.25, 0.3) is 11.0 Å². The van der Waals surface area contributed by atoms with Crippen molar-refractivity contribution < 1.29 is 0 Å². The number of hydrogen-bond acceptors (Lipinski definition) is 2. The van der Waals surface area contributed by atoms with Crippen molar-refractivity contribution in [2.75, 3.05) is 5.73 Å². The molecule has 1 aliphatic carbocycles. The molecule has 0 bridgehead atoms. The van der Waals surface area contributed by atoms with E-state index in [1.54, 1.807) is 0 Å². The van der Waals surface area contributed by atoms with Crippen molar-refractivity contribution in [2.45, 2.75) is 32.7 Å². The zero-order valence-corrected chi connectivity index (χ0v) is 9.61. The van der Waals surface area contributed by atoms with E-state index in [4.69, 9.17) is 5.73 Å². The third kappa shape index (κ3) is 1.47. The van der Waals surface area contributed by atoms with Crippen molar-refractivity contribution >= 4 is 16.7 Å². The Morgan fingerprint density at radius 3 is 2.94 bits per heavy atom. The summed E-state index contributed by atoms with van der Waals surface area (Å²) < 4.78 is 2.26. The fourth-order valence-electron chi connectivity index (χ4n) is 2.56. The second-order valence-corrected chi connectivity index (χ2v) is 5.28. The van der Waals surface area contributed by atoms with E-state index < -0.39 is 0 Å². The first-order valence-electron chi connectivity index (χ1n) is 5.87. The highest BCUT2D eigenvalue weighted by atomic mass is 15.1. The number of hydrogen-bond donors (Lipinski definition) is 1. The second-order valence-electron chi connectivity index (χ2n) is 5.28. The smallest absolute Gasteiger partial charge is 0.0958 e. The minimum Gasteiger partial charge on any atom is -0.399 e. The Morgan fingerprint density at radius 1 is 1.44 bits per heavy atom.